The highest BCUT2D eigenvalue weighted by molar-refractivity contribution is 5.39. The fraction of sp³-hybridized carbons (Fsp3) is 0.143. The van der Waals surface area contributed by atoms with Gasteiger partial charge in [-0.1, -0.05) is 0 Å². The van der Waals surface area contributed by atoms with Crippen molar-refractivity contribution in [1.82, 2.24) is 4.98 Å². The zero-order valence-corrected chi connectivity index (χ0v) is 4.87. The second-order valence-electron chi connectivity index (χ2n) is 1.93. The third-order valence-electron chi connectivity index (χ3n) is 1.36. The van der Waals surface area contributed by atoms with E-state index >= 15 is 0 Å². The zero-order valence-electron chi connectivity index (χ0n) is 4.87. The van der Waals surface area contributed by atoms with Gasteiger partial charge in [-0.05, 0) is 6.07 Å². The van der Waals surface area contributed by atoms with Crippen molar-refractivity contribution in [3.8, 4) is 5.75 Å². The predicted molar refractivity (Wildman–Crippen MR) is 33.1 cm³/mol. The Bertz CT molecular complexity index is 199. The van der Waals surface area contributed by atoms with Crippen LogP contribution in [0.5, 0.6) is 5.75 Å². The normalized spacial score (nSPS) is 14.7. The highest BCUT2D eigenvalue weighted by Crippen LogP contribution is 2.23. The average Bonchev–Trinajstić information content (AvgIpc) is 2.33. The van der Waals surface area contributed by atoms with Crippen LogP contribution >= 0.6 is 0 Å². The number of nitrogens with zero attached hydrogens (tertiary/aromatic N) is 1. The SMILES string of the molecule is [CH]1COc2cnccc21. The van der Waals surface area contributed by atoms with Crippen LogP contribution in [0, 0.1) is 6.42 Å². The van der Waals surface area contributed by atoms with E-state index in [1.807, 2.05) is 12.5 Å². The maximum atomic E-state index is 5.18. The lowest BCUT2D eigenvalue weighted by Crippen LogP contribution is -1.84. The molecule has 0 bridgehead atoms. The van der Waals surface area contributed by atoms with E-state index in [1.54, 1.807) is 12.4 Å². The van der Waals surface area contributed by atoms with Crippen molar-refractivity contribution in [1.29, 1.82) is 0 Å². The van der Waals surface area contributed by atoms with E-state index in [2.05, 4.69) is 4.98 Å². The van der Waals surface area contributed by atoms with Gasteiger partial charge in [0.05, 0.1) is 12.8 Å². The second-order valence-corrected chi connectivity index (χ2v) is 1.93. The van der Waals surface area contributed by atoms with Gasteiger partial charge in [0.15, 0.2) is 0 Å². The summed E-state index contributed by atoms with van der Waals surface area (Å²) >= 11 is 0. The Balaban J connectivity index is 2.54. The van der Waals surface area contributed by atoms with Crippen molar-refractivity contribution in [3.63, 3.8) is 0 Å². The highest BCUT2D eigenvalue weighted by Gasteiger charge is 2.09. The first-order valence-corrected chi connectivity index (χ1v) is 2.87. The van der Waals surface area contributed by atoms with Crippen LogP contribution in [0.4, 0.5) is 0 Å². The summed E-state index contributed by atoms with van der Waals surface area (Å²) in [6.07, 6.45) is 5.54. The van der Waals surface area contributed by atoms with Gasteiger partial charge >= 0.3 is 0 Å². The number of aromatic nitrogens is 1. The summed E-state index contributed by atoms with van der Waals surface area (Å²) in [4.78, 5) is 3.91. The summed E-state index contributed by atoms with van der Waals surface area (Å²) < 4.78 is 5.18. The number of ether oxygens (including phenoxy) is 1. The van der Waals surface area contributed by atoms with Gasteiger partial charge in [-0.3, -0.25) is 4.98 Å². The molecule has 0 aliphatic carbocycles. The minimum atomic E-state index is 0.695. The van der Waals surface area contributed by atoms with E-state index in [9.17, 15) is 0 Å². The minimum absolute atomic E-state index is 0.695. The molecule has 0 fully saturated rings. The lowest BCUT2D eigenvalue weighted by atomic mass is 10.2. The Kier molecular flexibility index (Phi) is 0.918. The van der Waals surface area contributed by atoms with Crippen molar-refractivity contribution in [2.24, 2.45) is 0 Å². The van der Waals surface area contributed by atoms with Crippen molar-refractivity contribution in [2.45, 2.75) is 0 Å². The zero-order chi connectivity index (χ0) is 6.10. The van der Waals surface area contributed by atoms with E-state index in [0.717, 1.165) is 11.3 Å². The molecule has 0 spiro atoms. The first-order valence-electron chi connectivity index (χ1n) is 2.87. The van der Waals surface area contributed by atoms with Crippen molar-refractivity contribution in [2.75, 3.05) is 6.61 Å². The smallest absolute Gasteiger partial charge is 0.141 e. The minimum Gasteiger partial charge on any atom is -0.491 e. The monoisotopic (exact) mass is 120 g/mol. The summed E-state index contributed by atoms with van der Waals surface area (Å²) in [5.41, 5.74) is 1.16. The molecule has 2 heterocycles. The van der Waals surface area contributed by atoms with Gasteiger partial charge in [0.2, 0.25) is 0 Å². The molecule has 1 radical (unpaired) electrons. The van der Waals surface area contributed by atoms with Crippen LogP contribution in [-0.2, 0) is 0 Å². The number of hydrogen-bond donors (Lipinski definition) is 0. The van der Waals surface area contributed by atoms with Crippen molar-refractivity contribution in [3.05, 3.63) is 30.4 Å². The summed E-state index contributed by atoms with van der Waals surface area (Å²) in [6, 6.07) is 1.95. The molecule has 1 aromatic heterocycles. The van der Waals surface area contributed by atoms with Crippen LogP contribution in [-0.4, -0.2) is 11.6 Å². The van der Waals surface area contributed by atoms with Gasteiger partial charge in [-0.25, -0.2) is 0 Å². The molecular weight excluding hydrogens is 114 g/mol. The molecule has 0 amide bonds. The fourth-order valence-electron chi connectivity index (χ4n) is 0.901. The summed E-state index contributed by atoms with van der Waals surface area (Å²) in [5.74, 6) is 0.900. The van der Waals surface area contributed by atoms with Gasteiger partial charge in [0.25, 0.3) is 0 Å². The maximum absolute atomic E-state index is 5.18. The van der Waals surface area contributed by atoms with E-state index in [-0.39, 0.29) is 0 Å². The van der Waals surface area contributed by atoms with E-state index in [0.29, 0.717) is 6.61 Å². The molecule has 9 heavy (non-hydrogen) atoms. The molecule has 0 saturated carbocycles. The third-order valence-corrected chi connectivity index (χ3v) is 1.36. The average molecular weight is 120 g/mol. The van der Waals surface area contributed by atoms with Crippen molar-refractivity contribution < 1.29 is 4.74 Å². The van der Waals surface area contributed by atoms with Crippen LogP contribution in [0.2, 0.25) is 0 Å². The molecular formula is C7H6NO. The van der Waals surface area contributed by atoms with Gasteiger partial charge in [0, 0.05) is 18.2 Å². The third kappa shape index (κ3) is 0.669. The van der Waals surface area contributed by atoms with E-state index in [4.69, 9.17) is 4.74 Å². The lowest BCUT2D eigenvalue weighted by Gasteiger charge is -1.92. The van der Waals surface area contributed by atoms with Crippen LogP contribution in [0.15, 0.2) is 18.5 Å². The van der Waals surface area contributed by atoms with Crippen molar-refractivity contribution >= 4 is 0 Å². The predicted octanol–water partition coefficient (Wildman–Crippen LogP) is 1.03. The molecule has 0 unspecified atom stereocenters. The molecule has 0 aromatic carbocycles. The Labute approximate surface area is 53.5 Å². The first-order chi connectivity index (χ1) is 4.47. The highest BCUT2D eigenvalue weighted by atomic mass is 16.5. The molecule has 45 valence electrons. The largest absolute Gasteiger partial charge is 0.491 e. The summed E-state index contributed by atoms with van der Waals surface area (Å²) in [6.45, 7) is 0.695. The van der Waals surface area contributed by atoms with E-state index in [1.165, 1.54) is 0 Å². The van der Waals surface area contributed by atoms with Crippen LogP contribution in [0.3, 0.4) is 0 Å². The van der Waals surface area contributed by atoms with Crippen LogP contribution in [0.1, 0.15) is 5.56 Å². The molecule has 1 aliphatic rings. The standard InChI is InChI=1S/C7H6NO/c1-3-8-5-7-6(1)2-4-9-7/h1-3,5H,4H2. The molecule has 2 rings (SSSR count). The number of fused-ring (bicyclic) bond motifs is 1. The Morgan fingerprint density at radius 3 is 3.44 bits per heavy atom. The fourth-order valence-corrected chi connectivity index (χ4v) is 0.901. The Morgan fingerprint density at radius 1 is 1.56 bits per heavy atom. The van der Waals surface area contributed by atoms with Gasteiger partial charge in [0.1, 0.15) is 5.75 Å². The molecule has 2 nitrogen and oxygen atoms in total. The molecule has 0 N–H and O–H groups in total. The van der Waals surface area contributed by atoms with E-state index < -0.39 is 0 Å². The quantitative estimate of drug-likeness (QED) is 0.510. The van der Waals surface area contributed by atoms with Crippen LogP contribution < -0.4 is 4.74 Å². The molecule has 1 aliphatic heterocycles. The lowest BCUT2D eigenvalue weighted by molar-refractivity contribution is 0.376. The molecule has 2 heteroatoms. The Morgan fingerprint density at radius 2 is 2.56 bits per heavy atom. The summed E-state index contributed by atoms with van der Waals surface area (Å²) in [7, 11) is 0. The number of hydrogen-bond acceptors (Lipinski definition) is 2. The van der Waals surface area contributed by atoms with Gasteiger partial charge in [-0.2, -0.15) is 0 Å². The number of rotatable bonds is 0. The van der Waals surface area contributed by atoms with Gasteiger partial charge < -0.3 is 4.74 Å². The topological polar surface area (TPSA) is 22.1 Å². The molecule has 1 aromatic rings. The maximum Gasteiger partial charge on any atom is 0.141 e. The second kappa shape index (κ2) is 1.72. The molecule has 0 atom stereocenters. The first kappa shape index (κ1) is 4.79. The Hall–Kier alpha value is -1.05. The van der Waals surface area contributed by atoms with Crippen LogP contribution in [0.25, 0.3) is 0 Å². The summed E-state index contributed by atoms with van der Waals surface area (Å²) in [5, 5.41) is 0. The molecule has 0 saturated heterocycles. The number of pyridine rings is 1. The van der Waals surface area contributed by atoms with Gasteiger partial charge in [-0.15, -0.1) is 0 Å².